The number of amides is 1. The Morgan fingerprint density at radius 3 is 2.70 bits per heavy atom. The van der Waals surface area contributed by atoms with Crippen molar-refractivity contribution >= 4 is 16.9 Å². The number of rotatable bonds is 2. The molecule has 1 aromatic heterocycles. The molecule has 4 rings (SSSR count). The molecule has 1 amide bonds. The molecule has 0 unspecified atom stereocenters. The fourth-order valence-corrected chi connectivity index (χ4v) is 3.82. The Labute approximate surface area is 136 Å². The number of carbonyl (C=O) groups is 1. The van der Waals surface area contributed by atoms with Crippen molar-refractivity contribution in [3.63, 3.8) is 0 Å². The SMILES string of the molecule is O=C([C@H]1CC=CCC1)N1CCC(c2nc3ccccc3[nH]2)CC1. The van der Waals surface area contributed by atoms with Crippen molar-refractivity contribution < 1.29 is 4.79 Å². The van der Waals surface area contributed by atoms with Crippen molar-refractivity contribution in [1.29, 1.82) is 0 Å². The maximum absolute atomic E-state index is 12.6. The Balaban J connectivity index is 1.40. The zero-order valence-electron chi connectivity index (χ0n) is 13.4. The first kappa shape index (κ1) is 14.5. The van der Waals surface area contributed by atoms with E-state index in [9.17, 15) is 4.79 Å². The molecule has 1 fully saturated rings. The lowest BCUT2D eigenvalue weighted by atomic mass is 9.90. The number of hydrogen-bond acceptors (Lipinski definition) is 2. The van der Waals surface area contributed by atoms with Crippen LogP contribution in [0.2, 0.25) is 0 Å². The van der Waals surface area contributed by atoms with Crippen LogP contribution in [0.15, 0.2) is 36.4 Å². The van der Waals surface area contributed by atoms with Crippen LogP contribution in [0.3, 0.4) is 0 Å². The largest absolute Gasteiger partial charge is 0.342 e. The van der Waals surface area contributed by atoms with Gasteiger partial charge in [0.15, 0.2) is 0 Å². The van der Waals surface area contributed by atoms with Gasteiger partial charge in [0.25, 0.3) is 0 Å². The molecular formula is C19H23N3O. The van der Waals surface area contributed by atoms with Crippen LogP contribution in [-0.2, 0) is 4.79 Å². The van der Waals surface area contributed by atoms with Gasteiger partial charge in [0, 0.05) is 24.9 Å². The first-order valence-corrected chi connectivity index (χ1v) is 8.69. The molecule has 1 saturated heterocycles. The van der Waals surface area contributed by atoms with Gasteiger partial charge in [-0.3, -0.25) is 4.79 Å². The lowest BCUT2D eigenvalue weighted by Crippen LogP contribution is -2.41. The molecule has 1 aromatic carbocycles. The average Bonchev–Trinajstić information content (AvgIpc) is 3.06. The summed E-state index contributed by atoms with van der Waals surface area (Å²) in [4.78, 5) is 22.9. The number of fused-ring (bicyclic) bond motifs is 1. The topological polar surface area (TPSA) is 49.0 Å². The highest BCUT2D eigenvalue weighted by Gasteiger charge is 2.29. The number of aromatic amines is 1. The van der Waals surface area contributed by atoms with Crippen molar-refractivity contribution in [1.82, 2.24) is 14.9 Å². The van der Waals surface area contributed by atoms with E-state index < -0.39 is 0 Å². The molecule has 0 saturated carbocycles. The van der Waals surface area contributed by atoms with Gasteiger partial charge in [-0.1, -0.05) is 24.3 Å². The molecule has 4 heteroatoms. The first-order chi connectivity index (χ1) is 11.3. The Kier molecular flexibility index (Phi) is 3.90. The smallest absolute Gasteiger partial charge is 0.226 e. The minimum atomic E-state index is 0.211. The molecule has 2 aliphatic rings. The third-order valence-electron chi connectivity index (χ3n) is 5.22. The summed E-state index contributed by atoms with van der Waals surface area (Å²) in [5, 5.41) is 0. The van der Waals surface area contributed by atoms with Crippen molar-refractivity contribution in [3.05, 3.63) is 42.2 Å². The molecule has 23 heavy (non-hydrogen) atoms. The van der Waals surface area contributed by atoms with E-state index >= 15 is 0 Å². The van der Waals surface area contributed by atoms with Gasteiger partial charge < -0.3 is 9.88 Å². The molecule has 0 spiro atoms. The number of H-pyrrole nitrogens is 1. The molecule has 1 atom stereocenters. The summed E-state index contributed by atoms with van der Waals surface area (Å²) in [6, 6.07) is 8.17. The Morgan fingerprint density at radius 1 is 1.13 bits per heavy atom. The number of aromatic nitrogens is 2. The zero-order chi connectivity index (χ0) is 15.6. The van der Waals surface area contributed by atoms with Crippen LogP contribution in [0.4, 0.5) is 0 Å². The molecule has 1 aliphatic carbocycles. The van der Waals surface area contributed by atoms with Crippen LogP contribution >= 0.6 is 0 Å². The summed E-state index contributed by atoms with van der Waals surface area (Å²) in [5.41, 5.74) is 2.14. The predicted octanol–water partition coefficient (Wildman–Crippen LogP) is 3.63. The normalized spacial score (nSPS) is 22.6. The van der Waals surface area contributed by atoms with Crippen LogP contribution < -0.4 is 0 Å². The number of imidazole rings is 1. The predicted molar refractivity (Wildman–Crippen MR) is 91.1 cm³/mol. The van der Waals surface area contributed by atoms with E-state index in [1.54, 1.807) is 0 Å². The Morgan fingerprint density at radius 2 is 1.96 bits per heavy atom. The van der Waals surface area contributed by atoms with Crippen molar-refractivity contribution in [2.45, 2.75) is 38.0 Å². The monoisotopic (exact) mass is 309 g/mol. The summed E-state index contributed by atoms with van der Waals surface area (Å²) in [5.74, 6) is 2.09. The third kappa shape index (κ3) is 2.90. The minimum Gasteiger partial charge on any atom is -0.342 e. The summed E-state index contributed by atoms with van der Waals surface area (Å²) >= 11 is 0. The number of para-hydroxylation sites is 2. The minimum absolute atomic E-state index is 0.211. The lowest BCUT2D eigenvalue weighted by Gasteiger charge is -2.34. The van der Waals surface area contributed by atoms with Crippen molar-refractivity contribution in [2.75, 3.05) is 13.1 Å². The molecule has 0 radical (unpaired) electrons. The van der Waals surface area contributed by atoms with E-state index in [1.165, 1.54) is 0 Å². The molecule has 1 N–H and O–H groups in total. The average molecular weight is 309 g/mol. The van der Waals surface area contributed by atoms with E-state index in [0.717, 1.165) is 62.1 Å². The standard InChI is InChI=1S/C19H23N3O/c23-19(15-6-2-1-3-7-15)22-12-10-14(11-13-22)18-20-16-8-4-5-9-17(16)21-18/h1-2,4-5,8-9,14-15H,3,6-7,10-13H2,(H,20,21)/t15-/m0/s1. The van der Waals surface area contributed by atoms with Gasteiger partial charge in [-0.05, 0) is 44.2 Å². The van der Waals surface area contributed by atoms with E-state index in [2.05, 4.69) is 28.1 Å². The van der Waals surface area contributed by atoms with Crippen molar-refractivity contribution in [3.8, 4) is 0 Å². The summed E-state index contributed by atoms with van der Waals surface area (Å²) in [6.45, 7) is 1.72. The molecular weight excluding hydrogens is 286 g/mol. The molecule has 0 bridgehead atoms. The zero-order valence-corrected chi connectivity index (χ0v) is 13.4. The van der Waals surface area contributed by atoms with Gasteiger partial charge in [-0.2, -0.15) is 0 Å². The molecule has 4 nitrogen and oxygen atoms in total. The highest BCUT2D eigenvalue weighted by atomic mass is 16.2. The number of nitrogens with zero attached hydrogens (tertiary/aromatic N) is 2. The second kappa shape index (κ2) is 6.19. The maximum atomic E-state index is 12.6. The van der Waals surface area contributed by atoms with Crippen LogP contribution in [-0.4, -0.2) is 33.9 Å². The number of benzene rings is 1. The van der Waals surface area contributed by atoms with Gasteiger partial charge >= 0.3 is 0 Å². The molecule has 2 heterocycles. The van der Waals surface area contributed by atoms with Gasteiger partial charge in [-0.15, -0.1) is 0 Å². The Hall–Kier alpha value is -2.10. The molecule has 120 valence electrons. The van der Waals surface area contributed by atoms with E-state index in [4.69, 9.17) is 4.98 Å². The van der Waals surface area contributed by atoms with E-state index in [1.807, 2.05) is 18.2 Å². The second-order valence-electron chi connectivity index (χ2n) is 6.72. The first-order valence-electron chi connectivity index (χ1n) is 8.69. The van der Waals surface area contributed by atoms with Gasteiger partial charge in [0.05, 0.1) is 11.0 Å². The van der Waals surface area contributed by atoms with Gasteiger partial charge in [0.2, 0.25) is 5.91 Å². The number of piperidine rings is 1. The molecule has 2 aromatic rings. The van der Waals surface area contributed by atoms with Crippen LogP contribution in [0, 0.1) is 5.92 Å². The number of nitrogens with one attached hydrogen (secondary N) is 1. The van der Waals surface area contributed by atoms with Crippen LogP contribution in [0.1, 0.15) is 43.8 Å². The van der Waals surface area contributed by atoms with Crippen LogP contribution in [0.25, 0.3) is 11.0 Å². The highest BCUT2D eigenvalue weighted by Crippen LogP contribution is 2.29. The number of hydrogen-bond donors (Lipinski definition) is 1. The number of allylic oxidation sites excluding steroid dienone is 2. The second-order valence-corrected chi connectivity index (χ2v) is 6.72. The fourth-order valence-electron chi connectivity index (χ4n) is 3.82. The van der Waals surface area contributed by atoms with Gasteiger partial charge in [0.1, 0.15) is 5.82 Å². The summed E-state index contributed by atoms with van der Waals surface area (Å²) in [7, 11) is 0. The molecule has 1 aliphatic heterocycles. The summed E-state index contributed by atoms with van der Waals surface area (Å²) < 4.78 is 0. The maximum Gasteiger partial charge on any atom is 0.226 e. The van der Waals surface area contributed by atoms with E-state index in [-0.39, 0.29) is 5.92 Å². The number of likely N-dealkylation sites (tertiary alicyclic amines) is 1. The quantitative estimate of drug-likeness (QED) is 0.861. The lowest BCUT2D eigenvalue weighted by molar-refractivity contribution is -0.136. The van der Waals surface area contributed by atoms with E-state index in [0.29, 0.717) is 11.8 Å². The summed E-state index contributed by atoms with van der Waals surface area (Å²) in [6.07, 6.45) is 9.35. The fraction of sp³-hybridized carbons (Fsp3) is 0.474. The van der Waals surface area contributed by atoms with Crippen LogP contribution in [0.5, 0.6) is 0 Å². The third-order valence-corrected chi connectivity index (χ3v) is 5.22. The van der Waals surface area contributed by atoms with Crippen molar-refractivity contribution in [2.24, 2.45) is 5.92 Å². The number of carbonyl (C=O) groups excluding carboxylic acids is 1. The highest BCUT2D eigenvalue weighted by molar-refractivity contribution is 5.79. The Bertz CT molecular complexity index is 692. The van der Waals surface area contributed by atoms with Gasteiger partial charge in [-0.25, -0.2) is 4.98 Å².